The van der Waals surface area contributed by atoms with Gasteiger partial charge in [-0.05, 0) is 55.7 Å². The summed E-state index contributed by atoms with van der Waals surface area (Å²) in [5, 5.41) is 5.48. The molecule has 6 rings (SSSR count). The first-order valence-electron chi connectivity index (χ1n) is 11.3. The molecule has 5 heterocycles. The van der Waals surface area contributed by atoms with Crippen molar-refractivity contribution in [2.45, 2.75) is 62.6 Å². The highest BCUT2D eigenvalue weighted by atomic mass is 32.2. The van der Waals surface area contributed by atoms with Crippen molar-refractivity contribution in [1.29, 1.82) is 0 Å². The molecule has 0 aromatic carbocycles. The van der Waals surface area contributed by atoms with Crippen molar-refractivity contribution in [3.8, 4) is 11.6 Å². The minimum Gasteiger partial charge on any atom is -0.461 e. The maximum atomic E-state index is 13.7. The lowest BCUT2D eigenvalue weighted by Crippen LogP contribution is -2.29. The highest BCUT2D eigenvalue weighted by Gasteiger charge is 2.26. The largest absolute Gasteiger partial charge is 0.461 e. The highest BCUT2D eigenvalue weighted by Crippen LogP contribution is 2.37. The van der Waals surface area contributed by atoms with Crippen LogP contribution in [-0.4, -0.2) is 32.4 Å². The molecule has 1 aliphatic carbocycles. The van der Waals surface area contributed by atoms with E-state index < -0.39 is 0 Å². The SMILES string of the molecule is CC1CCc2c(sc3nc(SCc4nc(-c5ccco5)no4)n(CC4CCCO4)c(=O)c23)C1. The molecule has 2 aliphatic rings. The highest BCUT2D eigenvalue weighted by molar-refractivity contribution is 7.98. The van der Waals surface area contributed by atoms with Gasteiger partial charge in [-0.1, -0.05) is 23.8 Å². The molecular weight excluding hydrogens is 460 g/mol. The van der Waals surface area contributed by atoms with E-state index in [4.69, 9.17) is 18.7 Å². The number of fused-ring (bicyclic) bond motifs is 3. The average Bonchev–Trinajstić information content (AvgIpc) is 3.60. The van der Waals surface area contributed by atoms with Crippen LogP contribution in [0.5, 0.6) is 0 Å². The molecule has 4 aromatic rings. The second-order valence-corrected chi connectivity index (χ2v) is 10.8. The summed E-state index contributed by atoms with van der Waals surface area (Å²) in [6, 6.07) is 3.57. The quantitative estimate of drug-likeness (QED) is 0.287. The summed E-state index contributed by atoms with van der Waals surface area (Å²) < 4.78 is 18.4. The summed E-state index contributed by atoms with van der Waals surface area (Å²) >= 11 is 3.12. The van der Waals surface area contributed by atoms with Crippen molar-refractivity contribution in [1.82, 2.24) is 19.7 Å². The molecule has 0 amide bonds. The number of hydrogen-bond acceptors (Lipinski definition) is 9. The Kier molecular flexibility index (Phi) is 5.59. The minimum absolute atomic E-state index is 0.0461. The van der Waals surface area contributed by atoms with Crippen molar-refractivity contribution in [2.75, 3.05) is 6.61 Å². The Labute approximate surface area is 198 Å². The van der Waals surface area contributed by atoms with Gasteiger partial charge < -0.3 is 13.7 Å². The van der Waals surface area contributed by atoms with Crippen LogP contribution in [0.25, 0.3) is 21.8 Å². The lowest BCUT2D eigenvalue weighted by molar-refractivity contribution is 0.0937. The molecule has 1 saturated heterocycles. The summed E-state index contributed by atoms with van der Waals surface area (Å²) in [6.07, 6.45) is 6.72. The zero-order valence-corrected chi connectivity index (χ0v) is 19.9. The van der Waals surface area contributed by atoms with Crippen LogP contribution in [0.3, 0.4) is 0 Å². The topological polar surface area (TPSA) is 96.2 Å². The molecule has 0 saturated carbocycles. The number of hydrogen-bond donors (Lipinski definition) is 0. The van der Waals surface area contributed by atoms with Gasteiger partial charge in [0.15, 0.2) is 10.9 Å². The number of rotatable bonds is 6. The monoisotopic (exact) mass is 484 g/mol. The van der Waals surface area contributed by atoms with Crippen LogP contribution < -0.4 is 5.56 Å². The lowest BCUT2D eigenvalue weighted by atomic mass is 9.89. The molecule has 2 unspecified atom stereocenters. The van der Waals surface area contributed by atoms with Gasteiger partial charge >= 0.3 is 0 Å². The van der Waals surface area contributed by atoms with Gasteiger partial charge in [0, 0.05) is 11.5 Å². The predicted molar refractivity (Wildman–Crippen MR) is 126 cm³/mol. The Bertz CT molecular complexity index is 1330. The van der Waals surface area contributed by atoms with Crippen molar-refractivity contribution >= 4 is 33.3 Å². The Balaban J connectivity index is 1.35. The fraction of sp³-hybridized carbons (Fsp3) is 0.478. The van der Waals surface area contributed by atoms with Crippen molar-refractivity contribution in [3.05, 3.63) is 45.1 Å². The smallest absolute Gasteiger partial charge is 0.263 e. The number of ether oxygens (including phenoxy) is 1. The Hall–Kier alpha value is -2.43. The third kappa shape index (κ3) is 4.04. The minimum atomic E-state index is 0.0461. The number of aryl methyl sites for hydroxylation is 1. The van der Waals surface area contributed by atoms with E-state index in [0.29, 0.717) is 40.8 Å². The van der Waals surface area contributed by atoms with E-state index >= 15 is 0 Å². The average molecular weight is 485 g/mol. The molecule has 8 nitrogen and oxygen atoms in total. The molecule has 172 valence electrons. The van der Waals surface area contributed by atoms with E-state index in [0.717, 1.165) is 48.9 Å². The van der Waals surface area contributed by atoms with Crippen LogP contribution in [0.2, 0.25) is 0 Å². The second kappa shape index (κ2) is 8.73. The van der Waals surface area contributed by atoms with E-state index in [9.17, 15) is 4.79 Å². The molecule has 0 spiro atoms. The third-order valence-electron chi connectivity index (χ3n) is 6.32. The summed E-state index contributed by atoms with van der Waals surface area (Å²) in [4.78, 5) is 25.3. The van der Waals surface area contributed by atoms with Gasteiger partial charge in [0.05, 0.1) is 30.1 Å². The van der Waals surface area contributed by atoms with Gasteiger partial charge in [-0.25, -0.2) is 4.98 Å². The second-order valence-electron chi connectivity index (χ2n) is 8.75. The van der Waals surface area contributed by atoms with E-state index in [1.54, 1.807) is 34.3 Å². The first-order chi connectivity index (χ1) is 16.2. The van der Waals surface area contributed by atoms with Crippen LogP contribution in [0.15, 0.2) is 37.3 Å². The molecule has 10 heteroatoms. The zero-order chi connectivity index (χ0) is 22.4. The van der Waals surface area contributed by atoms with E-state index in [1.807, 2.05) is 0 Å². The van der Waals surface area contributed by atoms with Crippen molar-refractivity contribution < 1.29 is 13.7 Å². The maximum Gasteiger partial charge on any atom is 0.263 e. The van der Waals surface area contributed by atoms with Gasteiger partial charge in [0.2, 0.25) is 11.7 Å². The summed E-state index contributed by atoms with van der Waals surface area (Å²) in [6.45, 7) is 3.55. The van der Waals surface area contributed by atoms with Crippen LogP contribution >= 0.6 is 23.1 Å². The van der Waals surface area contributed by atoms with Crippen LogP contribution in [0, 0.1) is 5.92 Å². The Morgan fingerprint density at radius 2 is 2.24 bits per heavy atom. The van der Waals surface area contributed by atoms with Gasteiger partial charge in [0.1, 0.15) is 4.83 Å². The predicted octanol–water partition coefficient (Wildman–Crippen LogP) is 4.70. The number of thiophene rings is 1. The van der Waals surface area contributed by atoms with E-state index in [-0.39, 0.29) is 11.7 Å². The molecule has 33 heavy (non-hydrogen) atoms. The molecule has 0 N–H and O–H groups in total. The fourth-order valence-electron chi connectivity index (χ4n) is 4.61. The van der Waals surface area contributed by atoms with E-state index in [1.165, 1.54) is 22.2 Å². The molecule has 4 aromatic heterocycles. The standard InChI is InChI=1S/C23H24N4O4S2/c1-13-6-7-15-17(10-13)33-21-19(15)22(28)27(11-14-4-2-8-29-14)23(25-21)32-12-18-24-20(26-31-18)16-5-3-9-30-16/h3,5,9,13-14H,2,4,6-8,10-12H2,1H3. The van der Waals surface area contributed by atoms with Crippen LogP contribution in [-0.2, 0) is 29.9 Å². The number of nitrogens with zero attached hydrogens (tertiary/aromatic N) is 4. The zero-order valence-electron chi connectivity index (χ0n) is 18.3. The van der Waals surface area contributed by atoms with Gasteiger partial charge in [-0.3, -0.25) is 9.36 Å². The third-order valence-corrected chi connectivity index (χ3v) is 8.43. The first-order valence-corrected chi connectivity index (χ1v) is 13.1. The molecule has 1 aliphatic heterocycles. The number of furan rings is 1. The van der Waals surface area contributed by atoms with Gasteiger partial charge in [0.25, 0.3) is 5.56 Å². The lowest BCUT2D eigenvalue weighted by Gasteiger charge is -2.18. The summed E-state index contributed by atoms with van der Waals surface area (Å²) in [5.41, 5.74) is 1.26. The first kappa shape index (κ1) is 21.1. The maximum absolute atomic E-state index is 13.7. The number of aromatic nitrogens is 4. The summed E-state index contributed by atoms with van der Waals surface area (Å²) in [5.74, 6) is 2.50. The van der Waals surface area contributed by atoms with Gasteiger partial charge in [-0.15, -0.1) is 11.3 Å². The molecule has 1 fully saturated rings. The molecule has 2 atom stereocenters. The van der Waals surface area contributed by atoms with Crippen molar-refractivity contribution in [2.24, 2.45) is 5.92 Å². The van der Waals surface area contributed by atoms with E-state index in [2.05, 4.69) is 17.1 Å². The normalized spacial score (nSPS) is 20.5. The van der Waals surface area contributed by atoms with Crippen molar-refractivity contribution in [3.63, 3.8) is 0 Å². The van der Waals surface area contributed by atoms with Crippen LogP contribution in [0.4, 0.5) is 0 Å². The fourth-order valence-corrected chi connectivity index (χ4v) is 6.88. The number of thioether (sulfide) groups is 1. The Morgan fingerprint density at radius 3 is 3.06 bits per heavy atom. The Morgan fingerprint density at radius 1 is 1.30 bits per heavy atom. The van der Waals surface area contributed by atoms with Gasteiger partial charge in [-0.2, -0.15) is 4.98 Å². The molecule has 0 radical (unpaired) electrons. The molecular formula is C23H24N4O4S2. The van der Waals surface area contributed by atoms with Crippen LogP contribution in [0.1, 0.15) is 42.5 Å². The summed E-state index contributed by atoms with van der Waals surface area (Å²) in [7, 11) is 0. The molecule has 0 bridgehead atoms.